The lowest BCUT2D eigenvalue weighted by molar-refractivity contribution is 0.120. The van der Waals surface area contributed by atoms with Crippen molar-refractivity contribution in [1.82, 2.24) is 0 Å². The summed E-state index contributed by atoms with van der Waals surface area (Å²) >= 11 is 0. The molecule has 0 atom stereocenters. The maximum absolute atomic E-state index is 11.9. The van der Waals surface area contributed by atoms with Crippen LogP contribution in [0.5, 0.6) is 11.5 Å². The summed E-state index contributed by atoms with van der Waals surface area (Å²) in [7, 11) is 2.51. The fraction of sp³-hybridized carbons (Fsp3) is 0.238. The molecule has 0 fully saturated rings. The van der Waals surface area contributed by atoms with Crippen molar-refractivity contribution in [1.29, 1.82) is 0 Å². The molecule has 0 aliphatic carbocycles. The molecule has 0 aromatic heterocycles. The number of methoxy groups -OCH3 is 2. The fourth-order valence-electron chi connectivity index (χ4n) is 3.16. The van der Waals surface area contributed by atoms with Gasteiger partial charge in [0.25, 0.3) is 0 Å². The largest absolute Gasteiger partial charge is 0.513 e. The predicted octanol–water partition coefficient (Wildman–Crippen LogP) is 5.24. The molecule has 0 aliphatic rings. The molecule has 0 bridgehead atoms. The van der Waals surface area contributed by atoms with Gasteiger partial charge >= 0.3 is 12.3 Å². The van der Waals surface area contributed by atoms with Crippen LogP contribution >= 0.6 is 0 Å². The van der Waals surface area contributed by atoms with Crippen molar-refractivity contribution in [2.45, 2.75) is 19.8 Å². The number of hydrogen-bond acceptors (Lipinski definition) is 6. The van der Waals surface area contributed by atoms with Crippen LogP contribution in [0.2, 0.25) is 0 Å². The van der Waals surface area contributed by atoms with Crippen molar-refractivity contribution < 1.29 is 28.5 Å². The molecule has 140 valence electrons. The maximum Gasteiger partial charge on any atom is 0.513 e. The first kappa shape index (κ1) is 18.5. The zero-order chi connectivity index (χ0) is 19.4. The summed E-state index contributed by atoms with van der Waals surface area (Å²) in [5, 5.41) is 2.63. The van der Waals surface area contributed by atoms with Crippen LogP contribution in [0.25, 0.3) is 21.5 Å². The fourth-order valence-corrected chi connectivity index (χ4v) is 3.16. The lowest BCUT2D eigenvalue weighted by Crippen LogP contribution is -2.11. The van der Waals surface area contributed by atoms with Gasteiger partial charge in [-0.15, -0.1) is 0 Å². The third-order valence-corrected chi connectivity index (χ3v) is 4.26. The highest BCUT2D eigenvalue weighted by molar-refractivity contribution is 6.13. The molecule has 3 aromatic carbocycles. The van der Waals surface area contributed by atoms with Gasteiger partial charge in [-0.2, -0.15) is 0 Å². The molecule has 0 spiro atoms. The average Bonchev–Trinajstić information content (AvgIpc) is 2.70. The van der Waals surface area contributed by atoms with Crippen LogP contribution in [-0.2, 0) is 15.9 Å². The van der Waals surface area contributed by atoms with E-state index in [1.165, 1.54) is 14.2 Å². The Morgan fingerprint density at radius 2 is 1.33 bits per heavy atom. The highest BCUT2D eigenvalue weighted by Gasteiger charge is 2.22. The SMILES string of the molecule is CCCc1cccc2c(OC(=O)OC)c3ccccc3c(OC(=O)OC)c12. The minimum absolute atomic E-state index is 0.364. The summed E-state index contributed by atoms with van der Waals surface area (Å²) in [6, 6.07) is 12.9. The third-order valence-electron chi connectivity index (χ3n) is 4.26. The number of carbonyl (C=O) groups excluding carboxylic acids is 2. The van der Waals surface area contributed by atoms with Crippen molar-refractivity contribution in [3.63, 3.8) is 0 Å². The molecule has 0 aliphatic heterocycles. The van der Waals surface area contributed by atoms with Gasteiger partial charge in [0.05, 0.1) is 14.2 Å². The Hall–Kier alpha value is -3.28. The monoisotopic (exact) mass is 368 g/mol. The van der Waals surface area contributed by atoms with Crippen LogP contribution in [-0.4, -0.2) is 26.5 Å². The second-order valence-corrected chi connectivity index (χ2v) is 5.91. The Balaban J connectivity index is 2.44. The van der Waals surface area contributed by atoms with Gasteiger partial charge < -0.3 is 18.9 Å². The van der Waals surface area contributed by atoms with Crippen molar-refractivity contribution >= 4 is 33.9 Å². The van der Waals surface area contributed by atoms with Crippen LogP contribution in [0.1, 0.15) is 18.9 Å². The number of benzene rings is 3. The lowest BCUT2D eigenvalue weighted by Gasteiger charge is -2.17. The van der Waals surface area contributed by atoms with Crippen LogP contribution in [0, 0.1) is 0 Å². The van der Waals surface area contributed by atoms with E-state index < -0.39 is 12.3 Å². The quantitative estimate of drug-likeness (QED) is 0.356. The van der Waals surface area contributed by atoms with Crippen molar-refractivity contribution in [3.05, 3.63) is 48.0 Å². The first-order chi connectivity index (χ1) is 13.1. The Morgan fingerprint density at radius 3 is 1.93 bits per heavy atom. The molecule has 0 heterocycles. The first-order valence-electron chi connectivity index (χ1n) is 8.58. The van der Waals surface area contributed by atoms with Gasteiger partial charge in [-0.3, -0.25) is 0 Å². The highest BCUT2D eigenvalue weighted by Crippen LogP contribution is 2.44. The van der Waals surface area contributed by atoms with E-state index in [9.17, 15) is 9.59 Å². The minimum Gasteiger partial charge on any atom is -0.437 e. The summed E-state index contributed by atoms with van der Waals surface area (Å²) in [4.78, 5) is 23.7. The average molecular weight is 368 g/mol. The van der Waals surface area contributed by atoms with Gasteiger partial charge in [0.1, 0.15) is 5.75 Å². The van der Waals surface area contributed by atoms with Crippen LogP contribution in [0.3, 0.4) is 0 Å². The van der Waals surface area contributed by atoms with Crippen LogP contribution in [0.4, 0.5) is 9.59 Å². The predicted molar refractivity (Wildman–Crippen MR) is 102 cm³/mol. The Morgan fingerprint density at radius 1 is 0.778 bits per heavy atom. The minimum atomic E-state index is -0.816. The molecular weight excluding hydrogens is 348 g/mol. The maximum atomic E-state index is 11.9. The summed E-state index contributed by atoms with van der Waals surface area (Å²) in [6.07, 6.45) is 0.0418. The molecule has 6 nitrogen and oxygen atoms in total. The Bertz CT molecular complexity index is 1010. The molecule has 27 heavy (non-hydrogen) atoms. The number of rotatable bonds is 4. The van der Waals surface area contributed by atoms with Gasteiger partial charge in [0.15, 0.2) is 5.75 Å². The van der Waals surface area contributed by atoms with E-state index in [4.69, 9.17) is 14.2 Å². The Labute approximate surface area is 156 Å². The second kappa shape index (κ2) is 7.95. The summed E-state index contributed by atoms with van der Waals surface area (Å²) in [5.74, 6) is 0.747. The zero-order valence-corrected chi connectivity index (χ0v) is 15.4. The molecule has 6 heteroatoms. The standard InChI is InChI=1S/C21H20O6/c1-4-8-13-9-7-12-16-17(13)19(27-21(23)25-3)15-11-6-5-10-14(15)18(16)26-20(22)24-2/h5-7,9-12H,4,8H2,1-3H3. The number of fused-ring (bicyclic) bond motifs is 2. The number of hydrogen-bond donors (Lipinski definition) is 0. The lowest BCUT2D eigenvalue weighted by atomic mass is 9.95. The summed E-state index contributed by atoms with van der Waals surface area (Å²) < 4.78 is 20.4. The van der Waals surface area contributed by atoms with E-state index in [1.54, 1.807) is 12.1 Å². The van der Waals surface area contributed by atoms with E-state index >= 15 is 0 Å². The molecule has 0 unspecified atom stereocenters. The van der Waals surface area contributed by atoms with Crippen LogP contribution < -0.4 is 9.47 Å². The molecule has 0 saturated carbocycles. The molecule has 3 aromatic rings. The molecular formula is C21H20O6. The second-order valence-electron chi connectivity index (χ2n) is 5.91. The molecule has 0 N–H and O–H groups in total. The molecule has 3 rings (SSSR count). The Kier molecular flexibility index (Phi) is 5.45. The van der Waals surface area contributed by atoms with Crippen molar-refractivity contribution in [3.8, 4) is 11.5 Å². The third kappa shape index (κ3) is 3.51. The number of carbonyl (C=O) groups is 2. The smallest absolute Gasteiger partial charge is 0.437 e. The zero-order valence-electron chi connectivity index (χ0n) is 15.4. The summed E-state index contributed by atoms with van der Waals surface area (Å²) in [6.45, 7) is 2.06. The van der Waals surface area contributed by atoms with E-state index in [1.807, 2.05) is 30.3 Å². The van der Waals surface area contributed by atoms with Gasteiger partial charge in [-0.25, -0.2) is 9.59 Å². The normalized spacial score (nSPS) is 10.6. The molecule has 0 saturated heterocycles. The van der Waals surface area contributed by atoms with Gasteiger partial charge in [-0.05, 0) is 12.0 Å². The summed E-state index contributed by atoms with van der Waals surface area (Å²) in [5.41, 5.74) is 0.981. The van der Waals surface area contributed by atoms with E-state index in [-0.39, 0.29) is 0 Å². The van der Waals surface area contributed by atoms with E-state index in [0.29, 0.717) is 33.0 Å². The first-order valence-corrected chi connectivity index (χ1v) is 8.58. The van der Waals surface area contributed by atoms with Gasteiger partial charge in [0, 0.05) is 21.5 Å². The van der Waals surface area contributed by atoms with Gasteiger partial charge in [-0.1, -0.05) is 55.8 Å². The number of ether oxygens (including phenoxy) is 4. The molecule has 0 amide bonds. The number of aryl methyl sites for hydroxylation is 1. The highest BCUT2D eigenvalue weighted by atomic mass is 16.7. The topological polar surface area (TPSA) is 71.1 Å². The van der Waals surface area contributed by atoms with E-state index in [0.717, 1.165) is 18.4 Å². The molecule has 0 radical (unpaired) electrons. The van der Waals surface area contributed by atoms with Crippen LogP contribution in [0.15, 0.2) is 42.5 Å². The van der Waals surface area contributed by atoms with Gasteiger partial charge in [0.2, 0.25) is 0 Å². The van der Waals surface area contributed by atoms with E-state index in [2.05, 4.69) is 11.7 Å². The van der Waals surface area contributed by atoms with Crippen molar-refractivity contribution in [2.75, 3.05) is 14.2 Å². The van der Waals surface area contributed by atoms with Crippen molar-refractivity contribution in [2.24, 2.45) is 0 Å².